The molecule has 1 fully saturated rings. The highest BCUT2D eigenvalue weighted by molar-refractivity contribution is 7.80. The Labute approximate surface area is 164 Å². The van der Waals surface area contributed by atoms with Crippen molar-refractivity contribution < 1.29 is 9.18 Å². The minimum Gasteiger partial charge on any atom is -0.356 e. The summed E-state index contributed by atoms with van der Waals surface area (Å²) in [5.41, 5.74) is 2.46. The molecular formula is C21H24FN3OS. The van der Waals surface area contributed by atoms with E-state index in [-0.39, 0.29) is 17.8 Å². The number of hydrogen-bond donors (Lipinski definition) is 2. The van der Waals surface area contributed by atoms with Gasteiger partial charge in [-0.2, -0.15) is 0 Å². The van der Waals surface area contributed by atoms with Crippen LogP contribution in [0.5, 0.6) is 0 Å². The summed E-state index contributed by atoms with van der Waals surface area (Å²) in [6, 6.07) is 13.6. The molecule has 0 aliphatic carbocycles. The number of amides is 1. The molecule has 1 aliphatic heterocycles. The van der Waals surface area contributed by atoms with Gasteiger partial charge in [0.05, 0.1) is 6.04 Å². The van der Waals surface area contributed by atoms with E-state index in [1.807, 2.05) is 36.1 Å². The first-order chi connectivity index (χ1) is 13.0. The van der Waals surface area contributed by atoms with Gasteiger partial charge in [-0.1, -0.05) is 12.1 Å². The maximum absolute atomic E-state index is 13.0. The Morgan fingerprint density at radius 3 is 2.30 bits per heavy atom. The molecule has 1 saturated heterocycles. The van der Waals surface area contributed by atoms with E-state index < -0.39 is 0 Å². The van der Waals surface area contributed by atoms with Crippen LogP contribution in [-0.2, 0) is 0 Å². The maximum Gasteiger partial charge on any atom is 0.253 e. The van der Waals surface area contributed by atoms with Crippen molar-refractivity contribution in [3.05, 3.63) is 65.5 Å². The molecule has 2 N–H and O–H groups in total. The van der Waals surface area contributed by atoms with Gasteiger partial charge >= 0.3 is 0 Å². The highest BCUT2D eigenvalue weighted by Crippen LogP contribution is 2.16. The van der Waals surface area contributed by atoms with Crippen LogP contribution in [0.1, 0.15) is 48.1 Å². The van der Waals surface area contributed by atoms with Crippen LogP contribution in [0.2, 0.25) is 0 Å². The molecule has 2 aromatic rings. The van der Waals surface area contributed by atoms with Crippen LogP contribution < -0.4 is 10.6 Å². The molecule has 0 saturated carbocycles. The summed E-state index contributed by atoms with van der Waals surface area (Å²) < 4.78 is 13.0. The van der Waals surface area contributed by atoms with Crippen molar-refractivity contribution in [2.45, 2.75) is 32.2 Å². The third-order valence-corrected chi connectivity index (χ3v) is 4.97. The number of carbonyl (C=O) groups is 1. The van der Waals surface area contributed by atoms with Gasteiger partial charge in [-0.25, -0.2) is 4.39 Å². The molecular weight excluding hydrogens is 361 g/mol. The highest BCUT2D eigenvalue weighted by Gasteiger charge is 2.18. The van der Waals surface area contributed by atoms with E-state index in [2.05, 4.69) is 10.6 Å². The number of likely N-dealkylation sites (tertiary alicyclic amines) is 1. The molecule has 142 valence electrons. The Morgan fingerprint density at radius 2 is 1.67 bits per heavy atom. The summed E-state index contributed by atoms with van der Waals surface area (Å²) in [4.78, 5) is 14.4. The van der Waals surface area contributed by atoms with Gasteiger partial charge in [-0.3, -0.25) is 4.79 Å². The van der Waals surface area contributed by atoms with Gasteiger partial charge in [-0.15, -0.1) is 0 Å². The average molecular weight is 386 g/mol. The van der Waals surface area contributed by atoms with E-state index in [0.717, 1.165) is 37.2 Å². The van der Waals surface area contributed by atoms with Gasteiger partial charge in [0.1, 0.15) is 5.82 Å². The Bertz CT molecular complexity index is 786. The van der Waals surface area contributed by atoms with E-state index in [9.17, 15) is 9.18 Å². The Kier molecular flexibility index (Phi) is 6.40. The zero-order chi connectivity index (χ0) is 19.2. The highest BCUT2D eigenvalue weighted by atomic mass is 32.1. The smallest absolute Gasteiger partial charge is 0.253 e. The quantitative estimate of drug-likeness (QED) is 0.761. The molecule has 1 heterocycles. The Morgan fingerprint density at radius 1 is 1.04 bits per heavy atom. The molecule has 3 rings (SSSR count). The van der Waals surface area contributed by atoms with Gasteiger partial charge in [-0.05, 0) is 80.4 Å². The normalized spacial score (nSPS) is 15.1. The van der Waals surface area contributed by atoms with Crippen LogP contribution >= 0.6 is 12.2 Å². The lowest BCUT2D eigenvalue weighted by Crippen LogP contribution is -2.35. The summed E-state index contributed by atoms with van der Waals surface area (Å²) in [6.45, 7) is 3.64. The van der Waals surface area contributed by atoms with Crippen molar-refractivity contribution in [2.75, 3.05) is 18.4 Å². The van der Waals surface area contributed by atoms with Crippen LogP contribution in [0.15, 0.2) is 48.5 Å². The Balaban J connectivity index is 1.55. The number of anilines is 1. The van der Waals surface area contributed by atoms with E-state index in [4.69, 9.17) is 12.2 Å². The molecule has 0 spiro atoms. The molecule has 0 bridgehead atoms. The molecule has 6 heteroatoms. The number of thiocarbonyl (C=S) groups is 1. The maximum atomic E-state index is 13.0. The topological polar surface area (TPSA) is 44.4 Å². The molecule has 0 unspecified atom stereocenters. The lowest BCUT2D eigenvalue weighted by Gasteiger charge is -2.26. The summed E-state index contributed by atoms with van der Waals surface area (Å²) in [5, 5.41) is 6.77. The first kappa shape index (κ1) is 19.3. The molecule has 1 aliphatic rings. The zero-order valence-electron chi connectivity index (χ0n) is 15.4. The molecule has 0 aromatic heterocycles. The average Bonchev–Trinajstić information content (AvgIpc) is 2.69. The van der Waals surface area contributed by atoms with Crippen LogP contribution in [-0.4, -0.2) is 29.0 Å². The number of rotatable bonds is 4. The first-order valence-corrected chi connectivity index (χ1v) is 9.66. The fraction of sp³-hybridized carbons (Fsp3) is 0.333. The fourth-order valence-electron chi connectivity index (χ4n) is 3.17. The number of benzene rings is 2. The van der Waals surface area contributed by atoms with E-state index in [1.165, 1.54) is 18.6 Å². The standard InChI is InChI=1S/C21H24FN3OS/c1-15(16-5-9-18(22)10-6-16)23-21(27)24-19-11-7-17(8-12-19)20(26)25-13-3-2-4-14-25/h5-12,15H,2-4,13-14H2,1H3,(H2,23,24,27)/t15-/m1/s1. The zero-order valence-corrected chi connectivity index (χ0v) is 16.2. The van der Waals surface area contributed by atoms with Crippen molar-refractivity contribution >= 4 is 28.9 Å². The third kappa shape index (κ3) is 5.26. The van der Waals surface area contributed by atoms with Crippen molar-refractivity contribution in [3.63, 3.8) is 0 Å². The lowest BCUT2D eigenvalue weighted by molar-refractivity contribution is 0.0724. The van der Waals surface area contributed by atoms with Gasteiger partial charge in [0.15, 0.2) is 5.11 Å². The molecule has 1 amide bonds. The predicted octanol–water partition coefficient (Wildman–Crippen LogP) is 4.50. The summed E-state index contributed by atoms with van der Waals surface area (Å²) >= 11 is 5.35. The van der Waals surface area contributed by atoms with Crippen LogP contribution in [0, 0.1) is 5.82 Å². The minimum atomic E-state index is -0.258. The molecule has 0 radical (unpaired) electrons. The van der Waals surface area contributed by atoms with Crippen molar-refractivity contribution in [2.24, 2.45) is 0 Å². The monoisotopic (exact) mass is 385 g/mol. The third-order valence-electron chi connectivity index (χ3n) is 4.75. The molecule has 1 atom stereocenters. The van der Waals surface area contributed by atoms with E-state index in [0.29, 0.717) is 10.7 Å². The SMILES string of the molecule is C[C@@H](NC(=S)Nc1ccc(C(=O)N2CCCCC2)cc1)c1ccc(F)cc1. The second-order valence-electron chi connectivity index (χ2n) is 6.80. The molecule has 4 nitrogen and oxygen atoms in total. The second-order valence-corrected chi connectivity index (χ2v) is 7.21. The summed E-state index contributed by atoms with van der Waals surface area (Å²) in [6.07, 6.45) is 3.36. The summed E-state index contributed by atoms with van der Waals surface area (Å²) in [5.74, 6) is -0.169. The number of halogens is 1. The van der Waals surface area contributed by atoms with E-state index >= 15 is 0 Å². The number of carbonyl (C=O) groups excluding carboxylic acids is 1. The van der Waals surface area contributed by atoms with Gasteiger partial charge in [0.2, 0.25) is 0 Å². The first-order valence-electron chi connectivity index (χ1n) is 9.25. The van der Waals surface area contributed by atoms with Crippen LogP contribution in [0.25, 0.3) is 0 Å². The van der Waals surface area contributed by atoms with Crippen LogP contribution in [0.4, 0.5) is 10.1 Å². The molecule has 2 aromatic carbocycles. The van der Waals surface area contributed by atoms with Gasteiger partial charge in [0, 0.05) is 24.3 Å². The summed E-state index contributed by atoms with van der Waals surface area (Å²) in [7, 11) is 0. The number of nitrogens with one attached hydrogen (secondary N) is 2. The van der Waals surface area contributed by atoms with Crippen molar-refractivity contribution in [3.8, 4) is 0 Å². The van der Waals surface area contributed by atoms with Crippen molar-refractivity contribution in [1.29, 1.82) is 0 Å². The lowest BCUT2D eigenvalue weighted by atomic mass is 10.1. The number of hydrogen-bond acceptors (Lipinski definition) is 2. The fourth-order valence-corrected chi connectivity index (χ4v) is 3.47. The minimum absolute atomic E-state index is 0.0504. The largest absolute Gasteiger partial charge is 0.356 e. The predicted molar refractivity (Wildman–Crippen MR) is 110 cm³/mol. The number of nitrogens with zero attached hydrogens (tertiary/aromatic N) is 1. The second kappa shape index (κ2) is 8.95. The van der Waals surface area contributed by atoms with Gasteiger partial charge < -0.3 is 15.5 Å². The number of piperidine rings is 1. The Hall–Kier alpha value is -2.47. The van der Waals surface area contributed by atoms with E-state index in [1.54, 1.807) is 12.1 Å². The molecule has 27 heavy (non-hydrogen) atoms. The van der Waals surface area contributed by atoms with Gasteiger partial charge in [0.25, 0.3) is 5.91 Å². The van der Waals surface area contributed by atoms with Crippen LogP contribution in [0.3, 0.4) is 0 Å². The van der Waals surface area contributed by atoms with Crippen molar-refractivity contribution in [1.82, 2.24) is 10.2 Å².